The van der Waals surface area contributed by atoms with E-state index in [0.29, 0.717) is 11.4 Å². The summed E-state index contributed by atoms with van der Waals surface area (Å²) in [7, 11) is 0. The number of pyridine rings is 1. The van der Waals surface area contributed by atoms with Gasteiger partial charge in [0.1, 0.15) is 11.6 Å². The number of benzene rings is 1. The summed E-state index contributed by atoms with van der Waals surface area (Å²) in [5.74, 6) is -0.0567. The van der Waals surface area contributed by atoms with Crippen molar-refractivity contribution in [1.82, 2.24) is 4.98 Å². The third-order valence-electron chi connectivity index (χ3n) is 2.25. The summed E-state index contributed by atoms with van der Waals surface area (Å²) in [6.45, 7) is 0. The highest BCUT2D eigenvalue weighted by Gasteiger charge is 2.05. The van der Waals surface area contributed by atoms with Gasteiger partial charge in [-0.1, -0.05) is 12.1 Å². The highest BCUT2D eigenvalue weighted by atomic mass is 127. The molecule has 0 aliphatic heterocycles. The molecule has 2 rings (SSSR count). The van der Waals surface area contributed by atoms with Crippen LogP contribution in [0.25, 0.3) is 0 Å². The van der Waals surface area contributed by atoms with Gasteiger partial charge in [-0.2, -0.15) is 0 Å². The van der Waals surface area contributed by atoms with Crippen molar-refractivity contribution in [3.05, 3.63) is 57.5 Å². The molecule has 0 radical (unpaired) electrons. The fraction of sp³-hybridized carbons (Fsp3) is 0.0769. The molecule has 0 aliphatic carbocycles. The first-order valence-corrected chi connectivity index (χ1v) is 6.37. The summed E-state index contributed by atoms with van der Waals surface area (Å²) in [4.78, 5) is 15.8. The highest BCUT2D eigenvalue weighted by Crippen LogP contribution is 2.09. The lowest BCUT2D eigenvalue weighted by Gasteiger charge is -2.04. The van der Waals surface area contributed by atoms with Crippen molar-refractivity contribution in [2.75, 3.05) is 5.32 Å². The van der Waals surface area contributed by atoms with Gasteiger partial charge in [-0.05, 0) is 52.4 Å². The van der Waals surface area contributed by atoms with E-state index in [1.807, 2.05) is 6.07 Å². The SMILES string of the molecule is O=C(Cc1cccc(F)c1)Nc1ccc(I)cn1. The molecule has 0 bridgehead atoms. The van der Waals surface area contributed by atoms with E-state index in [9.17, 15) is 9.18 Å². The van der Waals surface area contributed by atoms with Gasteiger partial charge < -0.3 is 5.32 Å². The second-order valence-corrected chi connectivity index (χ2v) is 4.96. The first-order valence-electron chi connectivity index (χ1n) is 5.29. The molecule has 1 aromatic heterocycles. The Labute approximate surface area is 118 Å². The molecule has 0 fully saturated rings. The maximum absolute atomic E-state index is 12.9. The number of anilines is 1. The summed E-state index contributed by atoms with van der Waals surface area (Å²) in [6, 6.07) is 9.57. The standard InChI is InChI=1S/C13H10FIN2O/c14-10-3-1-2-9(6-10)7-13(18)17-12-5-4-11(15)8-16-12/h1-6,8H,7H2,(H,16,17,18). The van der Waals surface area contributed by atoms with Crippen molar-refractivity contribution in [3.8, 4) is 0 Å². The minimum Gasteiger partial charge on any atom is -0.310 e. The van der Waals surface area contributed by atoms with Crippen LogP contribution in [0.4, 0.5) is 10.2 Å². The van der Waals surface area contributed by atoms with Gasteiger partial charge in [0.15, 0.2) is 0 Å². The van der Waals surface area contributed by atoms with Gasteiger partial charge in [0, 0.05) is 9.77 Å². The zero-order valence-corrected chi connectivity index (χ0v) is 11.5. The highest BCUT2D eigenvalue weighted by molar-refractivity contribution is 14.1. The van der Waals surface area contributed by atoms with E-state index in [-0.39, 0.29) is 18.1 Å². The van der Waals surface area contributed by atoms with Crippen molar-refractivity contribution in [2.24, 2.45) is 0 Å². The minimum absolute atomic E-state index is 0.130. The average molecular weight is 356 g/mol. The third-order valence-corrected chi connectivity index (χ3v) is 2.89. The lowest BCUT2D eigenvalue weighted by atomic mass is 10.1. The number of nitrogens with zero attached hydrogens (tertiary/aromatic N) is 1. The first-order chi connectivity index (χ1) is 8.63. The van der Waals surface area contributed by atoms with E-state index in [1.165, 1.54) is 12.1 Å². The van der Waals surface area contributed by atoms with Crippen LogP contribution in [-0.4, -0.2) is 10.9 Å². The molecule has 5 heteroatoms. The predicted molar refractivity (Wildman–Crippen MR) is 75.7 cm³/mol. The Morgan fingerprint density at radius 3 is 2.83 bits per heavy atom. The molecule has 3 nitrogen and oxygen atoms in total. The molecule has 0 saturated carbocycles. The zero-order chi connectivity index (χ0) is 13.0. The van der Waals surface area contributed by atoms with E-state index >= 15 is 0 Å². The Balaban J connectivity index is 1.98. The van der Waals surface area contributed by atoms with E-state index in [4.69, 9.17) is 0 Å². The van der Waals surface area contributed by atoms with Crippen LogP contribution in [0.15, 0.2) is 42.6 Å². The summed E-state index contributed by atoms with van der Waals surface area (Å²) in [5.41, 5.74) is 0.637. The molecule has 0 aliphatic rings. The zero-order valence-electron chi connectivity index (χ0n) is 9.36. The van der Waals surface area contributed by atoms with Gasteiger partial charge in [0.2, 0.25) is 5.91 Å². The van der Waals surface area contributed by atoms with Crippen molar-refractivity contribution in [3.63, 3.8) is 0 Å². The van der Waals surface area contributed by atoms with Crippen LogP contribution >= 0.6 is 22.6 Å². The molecule has 0 unspecified atom stereocenters. The monoisotopic (exact) mass is 356 g/mol. The molecule has 1 heterocycles. The second kappa shape index (κ2) is 5.90. The smallest absolute Gasteiger partial charge is 0.229 e. The summed E-state index contributed by atoms with van der Waals surface area (Å²) in [6.07, 6.45) is 1.80. The van der Waals surface area contributed by atoms with Gasteiger partial charge in [0.05, 0.1) is 6.42 Å². The van der Waals surface area contributed by atoms with Gasteiger partial charge in [0.25, 0.3) is 0 Å². The topological polar surface area (TPSA) is 42.0 Å². The van der Waals surface area contributed by atoms with Crippen LogP contribution in [0.1, 0.15) is 5.56 Å². The van der Waals surface area contributed by atoms with Crippen molar-refractivity contribution < 1.29 is 9.18 Å². The number of amides is 1. The Morgan fingerprint density at radius 2 is 2.17 bits per heavy atom. The molecule has 1 N–H and O–H groups in total. The molecule has 92 valence electrons. The number of aromatic nitrogens is 1. The van der Waals surface area contributed by atoms with Gasteiger partial charge in [-0.25, -0.2) is 9.37 Å². The Bertz CT molecular complexity index is 557. The molecule has 1 aromatic carbocycles. The van der Waals surface area contributed by atoms with Crippen LogP contribution in [0.3, 0.4) is 0 Å². The first kappa shape index (κ1) is 12.9. The van der Waals surface area contributed by atoms with E-state index in [0.717, 1.165) is 3.57 Å². The van der Waals surface area contributed by atoms with Crippen molar-refractivity contribution >= 4 is 34.3 Å². The molecule has 2 aromatic rings. The summed E-state index contributed by atoms with van der Waals surface area (Å²) in [5, 5.41) is 2.66. The quantitative estimate of drug-likeness (QED) is 0.860. The number of carbonyl (C=O) groups is 1. The Kier molecular flexibility index (Phi) is 4.24. The summed E-state index contributed by atoms with van der Waals surface area (Å²) >= 11 is 2.14. The number of nitrogens with one attached hydrogen (secondary N) is 1. The predicted octanol–water partition coefficient (Wildman–Crippen LogP) is 3.01. The number of halogens is 2. The lowest BCUT2D eigenvalue weighted by Crippen LogP contribution is -2.15. The third kappa shape index (κ3) is 3.76. The van der Waals surface area contributed by atoms with Crippen LogP contribution in [-0.2, 0) is 11.2 Å². The number of hydrogen-bond acceptors (Lipinski definition) is 2. The van der Waals surface area contributed by atoms with E-state index in [2.05, 4.69) is 32.9 Å². The number of hydrogen-bond donors (Lipinski definition) is 1. The summed E-state index contributed by atoms with van der Waals surface area (Å²) < 4.78 is 13.9. The second-order valence-electron chi connectivity index (χ2n) is 3.72. The van der Waals surface area contributed by atoms with Crippen LogP contribution in [0.2, 0.25) is 0 Å². The Hall–Kier alpha value is -1.50. The Morgan fingerprint density at radius 1 is 1.33 bits per heavy atom. The molecular weight excluding hydrogens is 346 g/mol. The van der Waals surface area contributed by atoms with Crippen LogP contribution < -0.4 is 5.32 Å². The fourth-order valence-electron chi connectivity index (χ4n) is 1.47. The largest absolute Gasteiger partial charge is 0.310 e. The number of carbonyl (C=O) groups excluding carboxylic acids is 1. The van der Waals surface area contributed by atoms with Gasteiger partial charge >= 0.3 is 0 Å². The molecular formula is C13H10FIN2O. The average Bonchev–Trinajstić information content (AvgIpc) is 2.32. The maximum Gasteiger partial charge on any atom is 0.229 e. The fourth-order valence-corrected chi connectivity index (χ4v) is 1.79. The molecule has 0 saturated heterocycles. The van der Waals surface area contributed by atoms with Gasteiger partial charge in [-0.15, -0.1) is 0 Å². The van der Waals surface area contributed by atoms with Crippen LogP contribution in [0.5, 0.6) is 0 Å². The van der Waals surface area contributed by atoms with E-state index < -0.39 is 0 Å². The van der Waals surface area contributed by atoms with Crippen molar-refractivity contribution in [1.29, 1.82) is 0 Å². The van der Waals surface area contributed by atoms with Crippen LogP contribution in [0, 0.1) is 9.39 Å². The lowest BCUT2D eigenvalue weighted by molar-refractivity contribution is -0.115. The molecule has 1 amide bonds. The normalized spacial score (nSPS) is 10.1. The molecule has 0 atom stereocenters. The van der Waals surface area contributed by atoms with E-state index in [1.54, 1.807) is 24.4 Å². The van der Waals surface area contributed by atoms with Crippen molar-refractivity contribution in [2.45, 2.75) is 6.42 Å². The maximum atomic E-state index is 12.9. The van der Waals surface area contributed by atoms with Gasteiger partial charge in [-0.3, -0.25) is 4.79 Å². The molecule has 18 heavy (non-hydrogen) atoms. The minimum atomic E-state index is -0.340. The number of rotatable bonds is 3. The molecule has 0 spiro atoms.